The molecule has 0 N–H and O–H groups in total. The molecule has 2 rings (SSSR count). The van der Waals surface area contributed by atoms with E-state index in [4.69, 9.17) is 0 Å². The van der Waals surface area contributed by atoms with E-state index < -0.39 is 0 Å². The quantitative estimate of drug-likeness (QED) is 0.454. The first-order valence-corrected chi connectivity index (χ1v) is 8.32. The van der Waals surface area contributed by atoms with Gasteiger partial charge in [-0.25, -0.2) is 5.90 Å². The van der Waals surface area contributed by atoms with Crippen molar-refractivity contribution in [2.45, 2.75) is 6.42 Å². The Hall–Kier alpha value is -0.0400. The first-order valence-electron chi connectivity index (χ1n) is 5.49. The molecule has 0 aliphatic heterocycles. The molecule has 0 aliphatic rings. The Kier molecular flexibility index (Phi) is 5.74. The lowest BCUT2D eigenvalue weighted by Crippen LogP contribution is -2.01. The van der Waals surface area contributed by atoms with Crippen molar-refractivity contribution in [2.75, 3.05) is 5.90 Å². The van der Waals surface area contributed by atoms with Crippen LogP contribution in [-0.2, 0) is 6.42 Å². The average Bonchev–Trinajstić information content (AvgIpc) is 2.39. The second-order valence-electron chi connectivity index (χ2n) is 3.90. The minimum Gasteiger partial charge on any atom is -0.242 e. The van der Waals surface area contributed by atoms with Crippen LogP contribution in [0.3, 0.4) is 0 Å². The third-order valence-corrected chi connectivity index (χ3v) is 4.26. The summed E-state index contributed by atoms with van der Waals surface area (Å²) in [6, 6.07) is 16.5. The molecule has 6 heteroatoms. The largest absolute Gasteiger partial charge is 0.242 e. The fraction of sp³-hybridized carbons (Fsp3) is 0.0769. The predicted octanol–water partition coefficient (Wildman–Crippen LogP) is 6.13. The second kappa shape index (κ2) is 7.11. The minimum absolute atomic E-state index is 0.841. The first-order chi connectivity index (χ1) is 9.09. The molecule has 19 heavy (non-hydrogen) atoms. The lowest BCUT2D eigenvalue weighted by atomic mass is 10.0. The van der Waals surface area contributed by atoms with E-state index in [1.807, 2.05) is 24.3 Å². The second-order valence-corrected chi connectivity index (χ2v) is 8.64. The van der Waals surface area contributed by atoms with Crippen LogP contribution in [-0.4, -0.2) is 0 Å². The van der Waals surface area contributed by atoms with Crippen molar-refractivity contribution in [3.05, 3.63) is 59.7 Å². The van der Waals surface area contributed by atoms with Gasteiger partial charge in [-0.05, 0) is 23.3 Å². The maximum absolute atomic E-state index is 3.42. The summed E-state index contributed by atoms with van der Waals surface area (Å²) in [5.74, 6) is 0. The van der Waals surface area contributed by atoms with Crippen molar-refractivity contribution in [1.29, 1.82) is 0 Å². The van der Waals surface area contributed by atoms with E-state index >= 15 is 0 Å². The zero-order valence-electron chi connectivity index (χ0n) is 9.73. The molecule has 0 aromatic heterocycles. The van der Waals surface area contributed by atoms with E-state index in [9.17, 15) is 0 Å². The van der Waals surface area contributed by atoms with Crippen molar-refractivity contribution in [3.63, 3.8) is 0 Å². The van der Waals surface area contributed by atoms with Gasteiger partial charge in [-0.2, -0.15) is 0 Å². The molecule has 0 radical (unpaired) electrons. The van der Waals surface area contributed by atoms with Crippen LogP contribution in [0.1, 0.15) is 11.1 Å². The Bertz CT molecular complexity index is 508. The van der Waals surface area contributed by atoms with Crippen molar-refractivity contribution in [3.8, 4) is 0 Å². The van der Waals surface area contributed by atoms with Gasteiger partial charge in [0.05, 0.1) is 76.0 Å². The number of anilines is 2. The molecule has 100 valence electrons. The zero-order valence-corrected chi connectivity index (χ0v) is 16.1. The number of hydrogen-bond acceptors (Lipinski definition) is 2. The third-order valence-electron chi connectivity index (χ3n) is 2.73. The van der Waals surface area contributed by atoms with E-state index in [0.717, 1.165) is 17.8 Å². The third kappa shape index (κ3) is 3.97. The van der Waals surface area contributed by atoms with Crippen LogP contribution in [0.15, 0.2) is 48.5 Å². The minimum atomic E-state index is 0.841. The topological polar surface area (TPSA) is 6.48 Å². The Morgan fingerprint density at radius 1 is 0.632 bits per heavy atom. The van der Waals surface area contributed by atoms with E-state index in [0.29, 0.717) is 0 Å². The van der Waals surface area contributed by atoms with Crippen molar-refractivity contribution in [2.24, 2.45) is 0 Å². The monoisotopic (exact) mass is 510 g/mol. The van der Waals surface area contributed by atoms with Gasteiger partial charge >= 0.3 is 0 Å². The lowest BCUT2D eigenvalue weighted by molar-refractivity contribution is 1.19. The summed E-state index contributed by atoms with van der Waals surface area (Å²) in [7, 11) is 0. The lowest BCUT2D eigenvalue weighted by Gasteiger charge is -2.16. The summed E-state index contributed by atoms with van der Waals surface area (Å²) in [4.78, 5) is 0. The fourth-order valence-corrected chi connectivity index (χ4v) is 3.24. The van der Waals surface area contributed by atoms with Gasteiger partial charge in [0.25, 0.3) is 0 Å². The highest BCUT2D eigenvalue weighted by atomic mass is 79.9. The molecule has 0 bridgehead atoms. The Balaban J connectivity index is 2.37. The number of rotatable bonds is 4. The van der Waals surface area contributed by atoms with E-state index in [2.05, 4.69) is 88.9 Å². The first kappa shape index (κ1) is 15.4. The van der Waals surface area contributed by atoms with Crippen LogP contribution in [0.5, 0.6) is 0 Å². The van der Waals surface area contributed by atoms with Gasteiger partial charge in [-0.1, -0.05) is 36.4 Å². The van der Waals surface area contributed by atoms with Crippen LogP contribution in [0, 0.1) is 0 Å². The number of nitrogens with zero attached hydrogens (tertiary/aromatic N) is 2. The molecule has 0 unspecified atom stereocenters. The van der Waals surface area contributed by atoms with Crippen LogP contribution < -0.4 is 5.90 Å². The SMILES string of the molecule is BrN(Br)c1ccccc1Cc1ccccc1N(Br)Br. The molecule has 0 saturated heterocycles. The summed E-state index contributed by atoms with van der Waals surface area (Å²) < 4.78 is 3.55. The Morgan fingerprint density at radius 2 is 1.00 bits per heavy atom. The maximum Gasteiger partial charge on any atom is 0.0630 e. The molecular weight excluding hydrogens is 504 g/mol. The maximum atomic E-state index is 3.42. The van der Waals surface area contributed by atoms with Gasteiger partial charge < -0.3 is 0 Å². The number of benzene rings is 2. The number of halogens is 4. The van der Waals surface area contributed by atoms with Crippen molar-refractivity contribution >= 4 is 76.0 Å². The van der Waals surface area contributed by atoms with Crippen LogP contribution in [0.2, 0.25) is 0 Å². The molecule has 0 aliphatic carbocycles. The fourth-order valence-electron chi connectivity index (χ4n) is 1.86. The van der Waals surface area contributed by atoms with Crippen LogP contribution in [0.25, 0.3) is 0 Å². The van der Waals surface area contributed by atoms with Crippen LogP contribution >= 0.6 is 64.6 Å². The van der Waals surface area contributed by atoms with Crippen molar-refractivity contribution in [1.82, 2.24) is 0 Å². The highest BCUT2D eigenvalue weighted by molar-refractivity contribution is 9.25. The summed E-state index contributed by atoms with van der Waals surface area (Å²) in [6.45, 7) is 0. The normalized spacial score (nSPS) is 10.3. The Morgan fingerprint density at radius 3 is 1.37 bits per heavy atom. The summed E-state index contributed by atoms with van der Waals surface area (Å²) in [5.41, 5.74) is 4.64. The predicted molar refractivity (Wildman–Crippen MR) is 96.4 cm³/mol. The molecule has 2 nitrogen and oxygen atoms in total. The standard InChI is InChI=1S/C13H10Br4N2/c14-18(15)12-7-3-1-5-10(12)9-11-6-2-4-8-13(11)19(16)17/h1-8H,9H2. The smallest absolute Gasteiger partial charge is 0.0630 e. The van der Waals surface area contributed by atoms with Crippen molar-refractivity contribution < 1.29 is 0 Å². The molecule has 2 aromatic carbocycles. The van der Waals surface area contributed by atoms with Gasteiger partial charge in [-0.3, -0.25) is 0 Å². The highest BCUT2D eigenvalue weighted by Crippen LogP contribution is 2.32. The van der Waals surface area contributed by atoms with E-state index in [1.54, 1.807) is 5.90 Å². The van der Waals surface area contributed by atoms with Gasteiger partial charge in [0.1, 0.15) is 0 Å². The molecule has 0 fully saturated rings. The molecule has 0 atom stereocenters. The molecule has 0 spiro atoms. The Labute approximate surface area is 147 Å². The van der Waals surface area contributed by atoms with Crippen LogP contribution in [0.4, 0.5) is 11.4 Å². The highest BCUT2D eigenvalue weighted by Gasteiger charge is 2.11. The summed E-state index contributed by atoms with van der Waals surface area (Å²) in [5, 5.41) is 0. The molecule has 0 heterocycles. The van der Waals surface area contributed by atoms with Gasteiger partial charge in [-0.15, -0.1) is 0 Å². The number of para-hydroxylation sites is 2. The van der Waals surface area contributed by atoms with E-state index in [-0.39, 0.29) is 0 Å². The summed E-state index contributed by atoms with van der Waals surface area (Å²) >= 11 is 13.7. The molecule has 2 aromatic rings. The molecule has 0 saturated carbocycles. The molecule has 0 amide bonds. The van der Waals surface area contributed by atoms with Gasteiger partial charge in [0.2, 0.25) is 0 Å². The molecular formula is C13H10Br4N2. The average molecular weight is 514 g/mol. The van der Waals surface area contributed by atoms with Gasteiger partial charge in [0.15, 0.2) is 0 Å². The van der Waals surface area contributed by atoms with E-state index in [1.165, 1.54) is 11.1 Å². The number of hydrogen-bond donors (Lipinski definition) is 0. The van der Waals surface area contributed by atoms with Gasteiger partial charge in [0, 0.05) is 6.42 Å². The summed E-state index contributed by atoms with van der Waals surface area (Å²) in [6.07, 6.45) is 0.841. The zero-order chi connectivity index (χ0) is 13.8.